The molecule has 2 N–H and O–H groups in total. The summed E-state index contributed by atoms with van der Waals surface area (Å²) in [7, 11) is 0. The van der Waals surface area contributed by atoms with Crippen LogP contribution < -0.4 is 5.73 Å². The molecule has 0 heterocycles. The Morgan fingerprint density at radius 1 is 0.900 bits per heavy atom. The average molecular weight is 333 g/mol. The monoisotopic (exact) mass is 332 g/mol. The van der Waals surface area contributed by atoms with Gasteiger partial charge in [0, 0.05) is 12.1 Å². The summed E-state index contributed by atoms with van der Waals surface area (Å²) >= 11 is 11.4. The van der Waals surface area contributed by atoms with E-state index in [-0.39, 0.29) is 0 Å². The number of nitrogens with zero attached hydrogens (tertiary/aromatic N) is 1. The lowest BCUT2D eigenvalue weighted by atomic mass is 9.89. The molecule has 0 aromatic heterocycles. The minimum absolute atomic E-state index is 0.291. The fourth-order valence-electron chi connectivity index (χ4n) is 3.43. The van der Waals surface area contributed by atoms with Crippen molar-refractivity contribution < 1.29 is 4.18 Å². The highest BCUT2D eigenvalue weighted by Crippen LogP contribution is 2.31. The largest absolute Gasteiger partial charge is 0.390 e. The van der Waals surface area contributed by atoms with Gasteiger partial charge in [-0.1, -0.05) is 38.5 Å². The first-order valence-corrected chi connectivity index (χ1v) is 9.20. The molecule has 2 saturated carbocycles. The highest BCUT2D eigenvalue weighted by molar-refractivity contribution is 8.20. The van der Waals surface area contributed by atoms with Crippen molar-refractivity contribution in [3.8, 4) is 0 Å². The van der Waals surface area contributed by atoms with Crippen LogP contribution in [-0.2, 0) is 4.18 Å². The van der Waals surface area contributed by atoms with Gasteiger partial charge in [-0.3, -0.25) is 0 Å². The Balaban J connectivity index is 2.01. The van der Waals surface area contributed by atoms with Crippen molar-refractivity contribution in [3.05, 3.63) is 0 Å². The molecule has 114 valence electrons. The van der Waals surface area contributed by atoms with E-state index < -0.39 is 0 Å². The lowest BCUT2D eigenvalue weighted by Crippen LogP contribution is -2.48. The van der Waals surface area contributed by atoms with Crippen LogP contribution >= 0.6 is 36.5 Å². The molecule has 0 radical (unpaired) electrons. The predicted molar refractivity (Wildman–Crippen MR) is 93.6 cm³/mol. The molecule has 0 amide bonds. The van der Waals surface area contributed by atoms with Crippen molar-refractivity contribution in [1.82, 2.24) is 4.90 Å². The Morgan fingerprint density at radius 2 is 1.35 bits per heavy atom. The van der Waals surface area contributed by atoms with E-state index in [2.05, 4.69) is 4.90 Å². The van der Waals surface area contributed by atoms with E-state index in [0.29, 0.717) is 21.6 Å². The molecule has 0 aliphatic heterocycles. The first-order chi connectivity index (χ1) is 9.68. The Morgan fingerprint density at radius 3 is 1.75 bits per heavy atom. The second-order valence-electron chi connectivity index (χ2n) is 5.74. The zero-order valence-electron chi connectivity index (χ0n) is 11.9. The third-order valence-corrected chi connectivity index (χ3v) is 5.35. The maximum atomic E-state index is 5.58. The zero-order chi connectivity index (χ0) is 14.4. The minimum Gasteiger partial charge on any atom is -0.390 e. The van der Waals surface area contributed by atoms with Gasteiger partial charge >= 0.3 is 0 Å². The third-order valence-electron chi connectivity index (χ3n) is 4.34. The molecule has 20 heavy (non-hydrogen) atoms. The van der Waals surface area contributed by atoms with Crippen LogP contribution in [0.5, 0.6) is 0 Å². The molecular weight excluding hydrogens is 308 g/mol. The van der Waals surface area contributed by atoms with Crippen LogP contribution in [0.25, 0.3) is 0 Å². The first kappa shape index (κ1) is 16.3. The van der Waals surface area contributed by atoms with E-state index in [1.165, 1.54) is 64.2 Å². The lowest BCUT2D eigenvalue weighted by molar-refractivity contribution is 0.143. The van der Waals surface area contributed by atoms with Gasteiger partial charge in [0.15, 0.2) is 4.32 Å². The summed E-state index contributed by atoms with van der Waals surface area (Å²) in [6.07, 6.45) is 12.9. The van der Waals surface area contributed by atoms with Crippen LogP contribution in [0, 0.1) is 0 Å². The molecule has 2 aliphatic rings. The Kier molecular flexibility index (Phi) is 6.84. The SMILES string of the molecule is NC(=S)SOC(=S)N(C1CCCCC1)C1CCCCC1. The standard InChI is InChI=1S/C14H24N2OS3/c15-13(18)20-17-14(19)16(11-7-3-1-4-8-11)12-9-5-2-6-10-12/h11-12H,1-10H2,(H2,15,18). The summed E-state index contributed by atoms with van der Waals surface area (Å²) in [5, 5.41) is 0.585. The number of hydrogen-bond donors (Lipinski definition) is 1. The topological polar surface area (TPSA) is 38.5 Å². The van der Waals surface area contributed by atoms with Crippen LogP contribution in [0.4, 0.5) is 0 Å². The highest BCUT2D eigenvalue weighted by atomic mass is 32.2. The van der Waals surface area contributed by atoms with Gasteiger partial charge in [0.2, 0.25) is 0 Å². The van der Waals surface area contributed by atoms with Crippen molar-refractivity contribution in [3.63, 3.8) is 0 Å². The minimum atomic E-state index is 0.291. The second kappa shape index (κ2) is 8.39. The summed E-state index contributed by atoms with van der Waals surface area (Å²) in [5.74, 6) is 0. The van der Waals surface area contributed by atoms with Crippen LogP contribution in [0.15, 0.2) is 0 Å². The van der Waals surface area contributed by atoms with E-state index in [9.17, 15) is 0 Å². The molecule has 2 rings (SSSR count). The fourth-order valence-corrected chi connectivity index (χ4v) is 4.18. The smallest absolute Gasteiger partial charge is 0.273 e. The Hall–Kier alpha value is -0.0700. The maximum Gasteiger partial charge on any atom is 0.273 e. The maximum absolute atomic E-state index is 5.58. The van der Waals surface area contributed by atoms with Crippen molar-refractivity contribution in [2.45, 2.75) is 76.3 Å². The molecule has 2 aliphatic carbocycles. The molecule has 0 aromatic carbocycles. The van der Waals surface area contributed by atoms with Gasteiger partial charge in [-0.05, 0) is 50.1 Å². The normalized spacial score (nSPS) is 21.4. The molecule has 6 heteroatoms. The summed E-state index contributed by atoms with van der Waals surface area (Å²) in [6.45, 7) is 0. The van der Waals surface area contributed by atoms with Gasteiger partial charge in [0.25, 0.3) is 5.17 Å². The lowest BCUT2D eigenvalue weighted by Gasteiger charge is -2.42. The third kappa shape index (κ3) is 4.74. The van der Waals surface area contributed by atoms with Gasteiger partial charge in [-0.2, -0.15) is 0 Å². The van der Waals surface area contributed by atoms with E-state index in [0.717, 1.165) is 12.0 Å². The van der Waals surface area contributed by atoms with Crippen LogP contribution in [0.3, 0.4) is 0 Å². The van der Waals surface area contributed by atoms with Gasteiger partial charge < -0.3 is 14.8 Å². The molecule has 0 spiro atoms. The van der Waals surface area contributed by atoms with Gasteiger partial charge in [-0.15, -0.1) is 0 Å². The number of rotatable bonds is 2. The summed E-state index contributed by atoms with van der Waals surface area (Å²) < 4.78 is 5.87. The summed E-state index contributed by atoms with van der Waals surface area (Å²) in [6, 6.07) is 1.09. The van der Waals surface area contributed by atoms with E-state index in [1.807, 2.05) is 0 Å². The number of hydrogen-bond acceptors (Lipinski definition) is 4. The van der Waals surface area contributed by atoms with E-state index >= 15 is 0 Å². The predicted octanol–water partition coefficient (Wildman–Crippen LogP) is 4.15. The Labute approximate surface area is 137 Å². The van der Waals surface area contributed by atoms with Crippen molar-refractivity contribution in [2.75, 3.05) is 0 Å². The highest BCUT2D eigenvalue weighted by Gasteiger charge is 2.31. The zero-order valence-corrected chi connectivity index (χ0v) is 14.3. The number of nitrogens with two attached hydrogens (primary N) is 1. The van der Waals surface area contributed by atoms with Crippen LogP contribution in [-0.4, -0.2) is 26.5 Å². The average Bonchev–Trinajstić information content (AvgIpc) is 2.48. The fraction of sp³-hybridized carbons (Fsp3) is 0.857. The second-order valence-corrected chi connectivity index (χ2v) is 7.56. The van der Waals surface area contributed by atoms with E-state index in [4.69, 9.17) is 34.4 Å². The summed E-state index contributed by atoms with van der Waals surface area (Å²) in [5.41, 5.74) is 5.49. The molecule has 0 aromatic rings. The van der Waals surface area contributed by atoms with Gasteiger partial charge in [0.1, 0.15) is 12.0 Å². The molecule has 0 unspecified atom stereocenters. The molecule has 2 fully saturated rings. The van der Waals surface area contributed by atoms with Gasteiger partial charge in [-0.25, -0.2) is 0 Å². The van der Waals surface area contributed by atoms with Crippen LogP contribution in [0.2, 0.25) is 0 Å². The Bertz CT molecular complexity index is 321. The van der Waals surface area contributed by atoms with Crippen molar-refractivity contribution >= 4 is 46.0 Å². The van der Waals surface area contributed by atoms with Crippen molar-refractivity contribution in [2.24, 2.45) is 5.73 Å². The van der Waals surface area contributed by atoms with Crippen molar-refractivity contribution in [1.29, 1.82) is 0 Å². The molecule has 0 bridgehead atoms. The van der Waals surface area contributed by atoms with Crippen LogP contribution in [0.1, 0.15) is 64.2 Å². The molecule has 0 saturated heterocycles. The molecule has 0 atom stereocenters. The number of thiocarbonyl (C=S) groups is 2. The molecule has 3 nitrogen and oxygen atoms in total. The first-order valence-electron chi connectivity index (χ1n) is 7.64. The summed E-state index contributed by atoms with van der Waals surface area (Å²) in [4.78, 5) is 2.37. The van der Waals surface area contributed by atoms with E-state index in [1.54, 1.807) is 0 Å². The van der Waals surface area contributed by atoms with Gasteiger partial charge in [0.05, 0.1) is 0 Å². The molecular formula is C14H24N2OS3. The quantitative estimate of drug-likeness (QED) is 0.605.